The van der Waals surface area contributed by atoms with Crippen LogP contribution < -0.4 is 9.74 Å². The van der Waals surface area contributed by atoms with E-state index in [1.54, 1.807) is 0 Å². The van der Waals surface area contributed by atoms with E-state index in [4.69, 9.17) is 0 Å². The molecular formula is C7H5AlIN2+. The van der Waals surface area contributed by atoms with Gasteiger partial charge in [0, 0.05) is 40.4 Å². The van der Waals surface area contributed by atoms with Crippen molar-refractivity contribution in [2.75, 3.05) is 0 Å². The molecule has 1 aromatic rings. The molecule has 0 fully saturated rings. The smallest absolute Gasteiger partial charge is 0.235 e. The van der Waals surface area contributed by atoms with Crippen LogP contribution in [0, 0.1) is 0 Å². The van der Waals surface area contributed by atoms with E-state index >= 15 is 0 Å². The number of quaternary nitrogens is 1. The number of hydrogen-bond acceptors (Lipinski definition) is 1. The van der Waals surface area contributed by atoms with Crippen molar-refractivity contribution in [2.45, 2.75) is 0 Å². The Labute approximate surface area is 86.7 Å². The molecule has 2 rings (SSSR count). The minimum absolute atomic E-state index is 1.09. The van der Waals surface area contributed by atoms with Gasteiger partial charge in [-0.2, -0.15) is 0 Å². The first kappa shape index (κ1) is 7.75. The summed E-state index contributed by atoms with van der Waals surface area (Å²) in [6.45, 7) is 0. The molecule has 4 heteroatoms. The fraction of sp³-hybridized carbons (Fsp3) is 0. The predicted molar refractivity (Wildman–Crippen MR) is 53.2 cm³/mol. The molecule has 0 aliphatic carbocycles. The fourth-order valence-corrected chi connectivity index (χ4v) is 2.01. The van der Waals surface area contributed by atoms with E-state index in [2.05, 4.69) is 55.3 Å². The monoisotopic (exact) mass is 271 g/mol. The van der Waals surface area contributed by atoms with Gasteiger partial charge in [-0.1, -0.05) is 6.07 Å². The quantitative estimate of drug-likeness (QED) is 0.396. The van der Waals surface area contributed by atoms with Gasteiger partial charge in [-0.25, -0.2) is 4.98 Å². The van der Waals surface area contributed by atoms with Crippen molar-refractivity contribution in [2.24, 2.45) is 0 Å². The molecule has 1 aliphatic rings. The van der Waals surface area contributed by atoms with Gasteiger partial charge in [0.15, 0.2) is 20.0 Å². The molecule has 0 bridgehead atoms. The molecule has 1 aromatic heterocycles. The van der Waals surface area contributed by atoms with Crippen LogP contribution in [-0.2, 0) is 0 Å². The van der Waals surface area contributed by atoms with Crippen LogP contribution >= 0.6 is 22.6 Å². The fourth-order valence-electron chi connectivity index (χ4n) is 1.09. The Bertz CT molecular complexity index is 335. The summed E-state index contributed by atoms with van der Waals surface area (Å²) in [5.74, 6) is 1.09. The predicted octanol–water partition coefficient (Wildman–Crippen LogP) is -0.183. The molecule has 0 unspecified atom stereocenters. The summed E-state index contributed by atoms with van der Waals surface area (Å²) in [5.41, 5.74) is 1.24. The molecule has 2 heterocycles. The first-order valence-corrected chi connectivity index (χ1v) is 4.89. The minimum atomic E-state index is 1.09. The van der Waals surface area contributed by atoms with Gasteiger partial charge in [-0.15, -0.1) is 4.43 Å². The normalized spacial score (nSPS) is 14.5. The van der Waals surface area contributed by atoms with Crippen LogP contribution in [0.5, 0.6) is 0 Å². The van der Waals surface area contributed by atoms with Crippen LogP contribution in [0.15, 0.2) is 16.0 Å². The lowest BCUT2D eigenvalue weighted by atomic mass is 10.3. The van der Waals surface area contributed by atoms with E-state index in [-0.39, 0.29) is 0 Å². The van der Waals surface area contributed by atoms with Crippen molar-refractivity contribution >= 4 is 55.2 Å². The van der Waals surface area contributed by atoms with Crippen molar-refractivity contribution in [3.63, 3.8) is 0 Å². The molecule has 52 valence electrons. The molecule has 2 radical (unpaired) electrons. The molecular weight excluding hydrogens is 266 g/mol. The second kappa shape index (κ2) is 2.87. The van der Waals surface area contributed by atoms with Crippen LogP contribution in [-0.4, -0.2) is 21.3 Å². The molecule has 0 aromatic carbocycles. The number of hydrogen-bond donors (Lipinski definition) is 1. The van der Waals surface area contributed by atoms with Crippen molar-refractivity contribution in [1.82, 2.24) is 4.98 Å². The maximum atomic E-state index is 4.24. The highest BCUT2D eigenvalue weighted by Crippen LogP contribution is 2.15. The SMILES string of the molecule is [Al][c]1ccnc2c1C=C(I)[NH2+]2. The molecule has 2 nitrogen and oxygen atoms in total. The third-order valence-corrected chi connectivity index (χ3v) is 2.74. The zero-order valence-corrected chi connectivity index (χ0v) is 9.02. The van der Waals surface area contributed by atoms with E-state index in [9.17, 15) is 0 Å². The number of halogens is 1. The van der Waals surface area contributed by atoms with Gasteiger partial charge in [0.05, 0.1) is 0 Å². The topological polar surface area (TPSA) is 29.5 Å². The maximum Gasteiger partial charge on any atom is 0.235 e. The van der Waals surface area contributed by atoms with Gasteiger partial charge < -0.3 is 0 Å². The Morgan fingerprint density at radius 1 is 1.55 bits per heavy atom. The summed E-state index contributed by atoms with van der Waals surface area (Å²) >= 11 is 5.01. The number of aromatic nitrogens is 1. The van der Waals surface area contributed by atoms with Crippen molar-refractivity contribution < 1.29 is 5.32 Å². The summed E-state index contributed by atoms with van der Waals surface area (Å²) in [5, 5.41) is 2.09. The van der Waals surface area contributed by atoms with Crippen molar-refractivity contribution in [3.05, 3.63) is 21.5 Å². The Balaban J connectivity index is 2.61. The molecule has 11 heavy (non-hydrogen) atoms. The van der Waals surface area contributed by atoms with Gasteiger partial charge in [0.1, 0.15) is 0 Å². The van der Waals surface area contributed by atoms with Crippen LogP contribution in [0.1, 0.15) is 5.56 Å². The van der Waals surface area contributed by atoms with E-state index in [1.807, 2.05) is 12.3 Å². The second-order valence-corrected chi connectivity index (χ2v) is 4.24. The third kappa shape index (κ3) is 1.36. The first-order valence-electron chi connectivity index (χ1n) is 3.24. The molecule has 0 atom stereocenters. The average molecular weight is 271 g/mol. The van der Waals surface area contributed by atoms with Gasteiger partial charge in [-0.05, 0) is 0 Å². The first-order chi connectivity index (χ1) is 5.27. The standard InChI is InChI=1S/C7H4IN2.Al/c8-6-4-5-2-1-3-9-7(5)10-6;/h1,3-4H,(H,9,10);/p+1. The zero-order valence-electron chi connectivity index (χ0n) is 5.71. The third-order valence-electron chi connectivity index (χ3n) is 1.61. The average Bonchev–Trinajstić information content (AvgIpc) is 2.31. The lowest BCUT2D eigenvalue weighted by molar-refractivity contribution is -0.499. The van der Waals surface area contributed by atoms with Crippen LogP contribution in [0.3, 0.4) is 0 Å². The lowest BCUT2D eigenvalue weighted by Gasteiger charge is -1.96. The Morgan fingerprint density at radius 3 is 3.09 bits per heavy atom. The summed E-state index contributed by atoms with van der Waals surface area (Å²) in [6, 6.07) is 2.00. The Morgan fingerprint density at radius 2 is 2.36 bits per heavy atom. The molecule has 2 N–H and O–H groups in total. The second-order valence-electron chi connectivity index (χ2n) is 2.37. The van der Waals surface area contributed by atoms with E-state index in [1.165, 1.54) is 13.7 Å². The van der Waals surface area contributed by atoms with Gasteiger partial charge in [0.2, 0.25) is 5.82 Å². The summed E-state index contributed by atoms with van der Waals surface area (Å²) in [4.78, 5) is 4.24. The van der Waals surface area contributed by atoms with Crippen LogP contribution in [0.25, 0.3) is 6.08 Å². The summed E-state index contributed by atoms with van der Waals surface area (Å²) < 4.78 is 2.47. The summed E-state index contributed by atoms with van der Waals surface area (Å²) in [6.07, 6.45) is 3.98. The summed E-state index contributed by atoms with van der Waals surface area (Å²) in [7, 11) is 0. The largest absolute Gasteiger partial charge is 0.260 e. The minimum Gasteiger partial charge on any atom is -0.260 e. The molecule has 1 aliphatic heterocycles. The number of pyridine rings is 1. The van der Waals surface area contributed by atoms with Crippen molar-refractivity contribution in [1.29, 1.82) is 0 Å². The highest BCUT2D eigenvalue weighted by molar-refractivity contribution is 14.1. The van der Waals surface area contributed by atoms with Gasteiger partial charge >= 0.3 is 0 Å². The van der Waals surface area contributed by atoms with E-state index in [0.717, 1.165) is 5.82 Å². The Hall–Kier alpha value is 0.112. The Kier molecular flexibility index (Phi) is 2.02. The number of nitrogens with zero attached hydrogens (tertiary/aromatic N) is 1. The van der Waals surface area contributed by atoms with E-state index in [0.29, 0.717) is 0 Å². The van der Waals surface area contributed by atoms with Gasteiger partial charge in [-0.3, -0.25) is 5.32 Å². The molecule has 0 spiro atoms. The van der Waals surface area contributed by atoms with Crippen LogP contribution in [0.2, 0.25) is 0 Å². The number of nitrogens with two attached hydrogens (primary N) is 1. The van der Waals surface area contributed by atoms with Gasteiger partial charge in [0.25, 0.3) is 0 Å². The molecule has 0 amide bonds. The van der Waals surface area contributed by atoms with Crippen LogP contribution in [0.4, 0.5) is 5.82 Å². The number of fused-ring (bicyclic) bond motifs is 1. The molecule has 0 saturated heterocycles. The van der Waals surface area contributed by atoms with E-state index < -0.39 is 0 Å². The maximum absolute atomic E-state index is 4.24. The van der Waals surface area contributed by atoms with Crippen molar-refractivity contribution in [3.8, 4) is 0 Å². The lowest BCUT2D eigenvalue weighted by Crippen LogP contribution is -2.73. The molecule has 0 saturated carbocycles. The highest BCUT2D eigenvalue weighted by Gasteiger charge is 2.16. The zero-order chi connectivity index (χ0) is 7.84. The highest BCUT2D eigenvalue weighted by atomic mass is 127. The number of rotatable bonds is 0.